The number of thiazole rings is 1. The fourth-order valence-electron chi connectivity index (χ4n) is 2.91. The zero-order valence-electron chi connectivity index (χ0n) is 15.2. The first-order valence-corrected chi connectivity index (χ1v) is 10.5. The van der Waals surface area contributed by atoms with Crippen LogP contribution in [0.5, 0.6) is 0 Å². The summed E-state index contributed by atoms with van der Waals surface area (Å²) in [6, 6.07) is 15.3. The number of amides is 1. The van der Waals surface area contributed by atoms with E-state index in [9.17, 15) is 4.79 Å². The van der Waals surface area contributed by atoms with Crippen LogP contribution in [0.3, 0.4) is 0 Å². The van der Waals surface area contributed by atoms with Gasteiger partial charge in [0, 0.05) is 11.3 Å². The SMILES string of the molecule is Cc1nc(-c2cccs2)sc1C(=O)Nc1ccc(-c2ccc3nncn3n2)cc1. The third-order valence-electron chi connectivity index (χ3n) is 4.33. The van der Waals surface area contributed by atoms with Gasteiger partial charge in [0.15, 0.2) is 5.65 Å². The van der Waals surface area contributed by atoms with E-state index < -0.39 is 0 Å². The van der Waals surface area contributed by atoms with Gasteiger partial charge < -0.3 is 5.32 Å². The highest BCUT2D eigenvalue weighted by Crippen LogP contribution is 2.31. The number of carbonyl (C=O) groups excluding carboxylic acids is 1. The molecule has 0 aliphatic carbocycles. The van der Waals surface area contributed by atoms with Gasteiger partial charge in [-0.1, -0.05) is 18.2 Å². The van der Waals surface area contributed by atoms with Gasteiger partial charge in [-0.15, -0.1) is 32.9 Å². The number of anilines is 1. The number of hydrogen-bond donors (Lipinski definition) is 1. The molecule has 0 radical (unpaired) electrons. The van der Waals surface area contributed by atoms with E-state index in [2.05, 4.69) is 25.6 Å². The lowest BCUT2D eigenvalue weighted by molar-refractivity contribution is 0.103. The molecular formula is C20H14N6OS2. The predicted octanol–water partition coefficient (Wildman–Crippen LogP) is 4.54. The average Bonchev–Trinajstić information content (AvgIpc) is 3.48. The van der Waals surface area contributed by atoms with Crippen molar-refractivity contribution in [2.45, 2.75) is 6.92 Å². The molecular weight excluding hydrogens is 404 g/mol. The molecule has 29 heavy (non-hydrogen) atoms. The number of aromatic nitrogens is 5. The number of hydrogen-bond acceptors (Lipinski definition) is 7. The number of nitrogens with one attached hydrogen (secondary N) is 1. The van der Waals surface area contributed by atoms with Crippen LogP contribution < -0.4 is 5.32 Å². The Morgan fingerprint density at radius 2 is 1.97 bits per heavy atom. The van der Waals surface area contributed by atoms with E-state index in [-0.39, 0.29) is 5.91 Å². The minimum atomic E-state index is -0.153. The van der Waals surface area contributed by atoms with Gasteiger partial charge in [0.2, 0.25) is 0 Å². The highest BCUT2D eigenvalue weighted by Gasteiger charge is 2.17. The molecule has 0 atom stereocenters. The molecule has 9 heteroatoms. The lowest BCUT2D eigenvalue weighted by Gasteiger charge is -2.06. The minimum Gasteiger partial charge on any atom is -0.321 e. The van der Waals surface area contributed by atoms with Crippen molar-refractivity contribution in [3.63, 3.8) is 0 Å². The van der Waals surface area contributed by atoms with Crippen LogP contribution in [-0.2, 0) is 0 Å². The fraction of sp³-hybridized carbons (Fsp3) is 0.0500. The average molecular weight is 419 g/mol. The molecule has 0 spiro atoms. The fourth-order valence-corrected chi connectivity index (χ4v) is 4.67. The Morgan fingerprint density at radius 3 is 2.76 bits per heavy atom. The van der Waals surface area contributed by atoms with Crippen LogP contribution in [0.1, 0.15) is 15.4 Å². The molecule has 0 saturated heterocycles. The van der Waals surface area contributed by atoms with E-state index in [0.717, 1.165) is 32.5 Å². The Kier molecular flexibility index (Phi) is 4.38. The van der Waals surface area contributed by atoms with Crippen LogP contribution in [0.2, 0.25) is 0 Å². The zero-order valence-corrected chi connectivity index (χ0v) is 16.9. The number of carbonyl (C=O) groups is 1. The molecule has 0 fully saturated rings. The van der Waals surface area contributed by atoms with Crippen LogP contribution in [0.25, 0.3) is 26.8 Å². The maximum absolute atomic E-state index is 12.7. The molecule has 5 rings (SSSR count). The van der Waals surface area contributed by atoms with Crippen molar-refractivity contribution in [1.29, 1.82) is 0 Å². The molecule has 4 aromatic heterocycles. The standard InChI is InChI=1S/C20H14N6OS2/c1-12-18(29-20(22-12)16-3-2-10-28-16)19(27)23-14-6-4-13(5-7-14)15-8-9-17-24-21-11-26(17)25-15/h2-11H,1H3,(H,23,27). The van der Waals surface area contributed by atoms with E-state index in [0.29, 0.717) is 10.5 Å². The van der Waals surface area contributed by atoms with Crippen LogP contribution in [0, 0.1) is 6.92 Å². The molecule has 1 amide bonds. The molecule has 0 bridgehead atoms. The van der Waals surface area contributed by atoms with Crippen molar-refractivity contribution in [1.82, 2.24) is 24.8 Å². The molecule has 0 unspecified atom stereocenters. The second-order valence-electron chi connectivity index (χ2n) is 6.29. The Bertz CT molecular complexity index is 1300. The Hall–Kier alpha value is -3.43. The lowest BCUT2D eigenvalue weighted by Crippen LogP contribution is -2.11. The molecule has 142 valence electrons. The Morgan fingerprint density at radius 1 is 1.10 bits per heavy atom. The third-order valence-corrected chi connectivity index (χ3v) is 6.53. The molecule has 0 aliphatic rings. The molecule has 5 aromatic rings. The molecule has 1 aromatic carbocycles. The number of rotatable bonds is 4. The predicted molar refractivity (Wildman–Crippen MR) is 114 cm³/mol. The van der Waals surface area contributed by atoms with Crippen LogP contribution in [0.15, 0.2) is 60.2 Å². The molecule has 0 aliphatic heterocycles. The van der Waals surface area contributed by atoms with E-state index in [1.807, 2.05) is 60.8 Å². The topological polar surface area (TPSA) is 85.1 Å². The Labute approximate surface area is 173 Å². The van der Waals surface area contributed by atoms with E-state index >= 15 is 0 Å². The molecule has 4 heterocycles. The minimum absolute atomic E-state index is 0.153. The van der Waals surface area contributed by atoms with E-state index in [4.69, 9.17) is 0 Å². The number of thiophene rings is 1. The first kappa shape index (κ1) is 17.7. The van der Waals surface area contributed by atoms with Gasteiger partial charge in [-0.3, -0.25) is 4.79 Å². The number of fused-ring (bicyclic) bond motifs is 1. The van der Waals surface area contributed by atoms with Crippen molar-refractivity contribution >= 4 is 39.9 Å². The lowest BCUT2D eigenvalue weighted by atomic mass is 10.1. The second kappa shape index (κ2) is 7.19. The Balaban J connectivity index is 1.35. The smallest absolute Gasteiger partial charge is 0.267 e. The molecule has 7 nitrogen and oxygen atoms in total. The van der Waals surface area contributed by atoms with Gasteiger partial charge >= 0.3 is 0 Å². The van der Waals surface area contributed by atoms with Gasteiger partial charge in [0.25, 0.3) is 5.91 Å². The van der Waals surface area contributed by atoms with Gasteiger partial charge in [-0.25, -0.2) is 4.98 Å². The van der Waals surface area contributed by atoms with Crippen molar-refractivity contribution in [3.05, 3.63) is 70.8 Å². The van der Waals surface area contributed by atoms with Gasteiger partial charge in [-0.2, -0.15) is 9.61 Å². The van der Waals surface area contributed by atoms with Crippen LogP contribution in [0.4, 0.5) is 5.69 Å². The van der Waals surface area contributed by atoms with Crippen LogP contribution in [-0.4, -0.2) is 30.7 Å². The summed E-state index contributed by atoms with van der Waals surface area (Å²) in [5.74, 6) is -0.153. The summed E-state index contributed by atoms with van der Waals surface area (Å²) in [5, 5.41) is 18.1. The maximum atomic E-state index is 12.7. The highest BCUT2D eigenvalue weighted by atomic mass is 32.1. The van der Waals surface area contributed by atoms with Gasteiger partial charge in [0.1, 0.15) is 16.2 Å². The van der Waals surface area contributed by atoms with Crippen molar-refractivity contribution < 1.29 is 4.79 Å². The molecule has 1 N–H and O–H groups in total. The monoisotopic (exact) mass is 418 g/mol. The zero-order chi connectivity index (χ0) is 19.8. The van der Waals surface area contributed by atoms with E-state index in [1.165, 1.54) is 11.3 Å². The number of nitrogens with zero attached hydrogens (tertiary/aromatic N) is 5. The summed E-state index contributed by atoms with van der Waals surface area (Å²) in [6.45, 7) is 1.86. The summed E-state index contributed by atoms with van der Waals surface area (Å²) in [7, 11) is 0. The summed E-state index contributed by atoms with van der Waals surface area (Å²) < 4.78 is 1.63. The summed E-state index contributed by atoms with van der Waals surface area (Å²) in [5.41, 5.74) is 3.88. The molecule has 0 saturated carbocycles. The first-order chi connectivity index (χ1) is 14.2. The van der Waals surface area contributed by atoms with Crippen LogP contribution >= 0.6 is 22.7 Å². The summed E-state index contributed by atoms with van der Waals surface area (Å²) >= 11 is 3.02. The van der Waals surface area contributed by atoms with E-state index in [1.54, 1.807) is 22.2 Å². The third kappa shape index (κ3) is 3.41. The highest BCUT2D eigenvalue weighted by molar-refractivity contribution is 7.22. The van der Waals surface area contributed by atoms with Gasteiger partial charge in [-0.05, 0) is 42.6 Å². The number of aryl methyl sites for hydroxylation is 1. The van der Waals surface area contributed by atoms with Gasteiger partial charge in [0.05, 0.1) is 16.3 Å². The largest absolute Gasteiger partial charge is 0.321 e. The maximum Gasteiger partial charge on any atom is 0.267 e. The van der Waals surface area contributed by atoms with Crippen molar-refractivity contribution in [3.8, 4) is 21.1 Å². The summed E-state index contributed by atoms with van der Waals surface area (Å²) in [4.78, 5) is 19.0. The second-order valence-corrected chi connectivity index (χ2v) is 8.24. The van der Waals surface area contributed by atoms with Crippen molar-refractivity contribution in [2.75, 3.05) is 5.32 Å². The van der Waals surface area contributed by atoms with Crippen molar-refractivity contribution in [2.24, 2.45) is 0 Å². The first-order valence-electron chi connectivity index (χ1n) is 8.77. The number of benzene rings is 1. The quantitative estimate of drug-likeness (QED) is 0.463. The summed E-state index contributed by atoms with van der Waals surface area (Å²) in [6.07, 6.45) is 1.56. The normalized spacial score (nSPS) is 11.1.